The Bertz CT molecular complexity index is 560. The second-order valence-electron chi connectivity index (χ2n) is 3.84. The largest absolute Gasteiger partial charge is 0.398 e. The first-order valence-corrected chi connectivity index (χ1v) is 7.19. The van der Waals surface area contributed by atoms with E-state index in [0.717, 1.165) is 12.0 Å². The van der Waals surface area contributed by atoms with E-state index in [1.165, 1.54) is 0 Å². The Morgan fingerprint density at radius 1 is 1.33 bits per heavy atom. The minimum atomic E-state index is -1.07. The highest BCUT2D eigenvalue weighted by atomic mass is 35.5. The number of nitrogens with two attached hydrogens (primary N) is 1. The Balaban J connectivity index is 2.02. The number of benzene rings is 1. The third-order valence-corrected chi connectivity index (χ3v) is 4.22. The van der Waals surface area contributed by atoms with Gasteiger partial charge < -0.3 is 5.73 Å². The quantitative estimate of drug-likeness (QED) is 0.876. The van der Waals surface area contributed by atoms with E-state index in [-0.39, 0.29) is 0 Å². The van der Waals surface area contributed by atoms with Crippen molar-refractivity contribution in [3.05, 3.63) is 53.3 Å². The summed E-state index contributed by atoms with van der Waals surface area (Å²) in [7, 11) is -1.07. The lowest BCUT2D eigenvalue weighted by Crippen LogP contribution is -2.02. The minimum absolute atomic E-state index is 0.447. The molecule has 1 aromatic carbocycles. The van der Waals surface area contributed by atoms with Gasteiger partial charge in [0.15, 0.2) is 0 Å². The molecule has 1 heterocycles. The van der Waals surface area contributed by atoms with Crippen molar-refractivity contribution in [3.8, 4) is 0 Å². The van der Waals surface area contributed by atoms with E-state index in [2.05, 4.69) is 4.98 Å². The molecular formula is C13H13ClN2OS. The molecule has 0 bridgehead atoms. The number of rotatable bonds is 4. The van der Waals surface area contributed by atoms with Crippen LogP contribution in [0.2, 0.25) is 5.02 Å². The Morgan fingerprint density at radius 3 is 2.83 bits per heavy atom. The van der Waals surface area contributed by atoms with Crippen molar-refractivity contribution in [2.45, 2.75) is 11.3 Å². The number of aromatic nitrogens is 1. The van der Waals surface area contributed by atoms with Crippen LogP contribution in [0.25, 0.3) is 0 Å². The fourth-order valence-corrected chi connectivity index (χ4v) is 2.90. The van der Waals surface area contributed by atoms with E-state index in [9.17, 15) is 4.21 Å². The Labute approximate surface area is 113 Å². The fraction of sp³-hybridized carbons (Fsp3) is 0.154. The van der Waals surface area contributed by atoms with Crippen LogP contribution in [0, 0.1) is 0 Å². The Hall–Kier alpha value is -1.39. The SMILES string of the molecule is Nc1ccc(S(=O)CCc2cccnc2)cc1Cl. The molecule has 0 spiro atoms. The summed E-state index contributed by atoms with van der Waals surface area (Å²) < 4.78 is 12.1. The van der Waals surface area contributed by atoms with E-state index in [1.807, 2.05) is 12.1 Å². The van der Waals surface area contributed by atoms with Crippen molar-refractivity contribution < 1.29 is 4.21 Å². The molecule has 0 aliphatic heterocycles. The molecule has 0 amide bonds. The summed E-state index contributed by atoms with van der Waals surface area (Å²) in [6, 6.07) is 8.94. The molecule has 0 saturated carbocycles. The van der Waals surface area contributed by atoms with E-state index < -0.39 is 10.8 Å². The highest BCUT2D eigenvalue weighted by Crippen LogP contribution is 2.21. The predicted octanol–water partition coefficient (Wildman–Crippen LogP) is 2.67. The summed E-state index contributed by atoms with van der Waals surface area (Å²) in [5.41, 5.74) is 7.20. The molecule has 2 rings (SSSR count). The van der Waals surface area contributed by atoms with Crippen LogP contribution in [0.5, 0.6) is 0 Å². The topological polar surface area (TPSA) is 56.0 Å². The first-order valence-electron chi connectivity index (χ1n) is 5.49. The lowest BCUT2D eigenvalue weighted by atomic mass is 10.2. The number of hydrogen-bond donors (Lipinski definition) is 1. The molecular weight excluding hydrogens is 268 g/mol. The second-order valence-corrected chi connectivity index (χ2v) is 5.82. The second kappa shape index (κ2) is 5.98. The number of nitrogen functional groups attached to an aromatic ring is 1. The minimum Gasteiger partial charge on any atom is -0.398 e. The molecule has 1 atom stereocenters. The zero-order valence-corrected chi connectivity index (χ0v) is 11.2. The molecule has 0 aliphatic carbocycles. The van der Waals surface area contributed by atoms with Gasteiger partial charge in [0.1, 0.15) is 0 Å². The summed E-state index contributed by atoms with van der Waals surface area (Å²) in [6.45, 7) is 0. The molecule has 5 heteroatoms. The molecule has 18 heavy (non-hydrogen) atoms. The number of aryl methyl sites for hydroxylation is 1. The van der Waals surface area contributed by atoms with Crippen molar-refractivity contribution in [1.82, 2.24) is 4.98 Å². The Morgan fingerprint density at radius 2 is 2.17 bits per heavy atom. The predicted molar refractivity (Wildman–Crippen MR) is 75.1 cm³/mol. The first-order chi connectivity index (χ1) is 8.66. The van der Waals surface area contributed by atoms with Crippen molar-refractivity contribution >= 4 is 28.1 Å². The zero-order valence-electron chi connectivity index (χ0n) is 9.67. The van der Waals surface area contributed by atoms with E-state index >= 15 is 0 Å². The van der Waals surface area contributed by atoms with Crippen molar-refractivity contribution in [1.29, 1.82) is 0 Å². The number of pyridine rings is 1. The molecule has 0 fully saturated rings. The standard InChI is InChI=1S/C13H13ClN2OS/c14-12-8-11(3-4-13(12)15)18(17)7-5-10-2-1-6-16-9-10/h1-4,6,8-9H,5,7,15H2. The van der Waals surface area contributed by atoms with Crippen LogP contribution in [0.4, 0.5) is 5.69 Å². The molecule has 2 N–H and O–H groups in total. The summed E-state index contributed by atoms with van der Waals surface area (Å²) >= 11 is 5.91. The van der Waals surface area contributed by atoms with Crippen LogP contribution < -0.4 is 5.73 Å². The lowest BCUT2D eigenvalue weighted by molar-refractivity contribution is 0.682. The van der Waals surface area contributed by atoms with E-state index in [1.54, 1.807) is 30.6 Å². The molecule has 0 radical (unpaired) electrons. The number of nitrogens with zero attached hydrogens (tertiary/aromatic N) is 1. The van der Waals surface area contributed by atoms with Gasteiger partial charge in [-0.15, -0.1) is 0 Å². The average Bonchev–Trinajstić information content (AvgIpc) is 2.40. The van der Waals surface area contributed by atoms with E-state index in [0.29, 0.717) is 21.4 Å². The Kier molecular flexibility index (Phi) is 4.33. The van der Waals surface area contributed by atoms with E-state index in [4.69, 9.17) is 17.3 Å². The van der Waals surface area contributed by atoms with Gasteiger partial charge in [-0.1, -0.05) is 17.7 Å². The number of halogens is 1. The smallest absolute Gasteiger partial charge is 0.0647 e. The third-order valence-electron chi connectivity index (χ3n) is 2.53. The van der Waals surface area contributed by atoms with Gasteiger partial charge in [-0.2, -0.15) is 0 Å². The summed E-state index contributed by atoms with van der Waals surface area (Å²) in [6.07, 6.45) is 4.23. The van der Waals surface area contributed by atoms with Crippen molar-refractivity contribution in [2.75, 3.05) is 11.5 Å². The van der Waals surface area contributed by atoms with Gasteiger partial charge >= 0.3 is 0 Å². The number of hydrogen-bond acceptors (Lipinski definition) is 3. The van der Waals surface area contributed by atoms with Gasteiger partial charge in [0.25, 0.3) is 0 Å². The van der Waals surface area contributed by atoms with Crippen molar-refractivity contribution in [3.63, 3.8) is 0 Å². The highest BCUT2D eigenvalue weighted by Gasteiger charge is 2.06. The molecule has 2 aromatic rings. The van der Waals surface area contributed by atoms with Crippen LogP contribution in [-0.2, 0) is 17.2 Å². The van der Waals surface area contributed by atoms with Gasteiger partial charge in [0.2, 0.25) is 0 Å². The van der Waals surface area contributed by atoms with Crippen LogP contribution in [0.1, 0.15) is 5.56 Å². The van der Waals surface area contributed by atoms with Crippen LogP contribution in [-0.4, -0.2) is 14.9 Å². The molecule has 1 aromatic heterocycles. The normalized spacial score (nSPS) is 12.3. The van der Waals surface area contributed by atoms with Crippen LogP contribution in [0.3, 0.4) is 0 Å². The summed E-state index contributed by atoms with van der Waals surface area (Å²) in [5, 5.41) is 0.447. The van der Waals surface area contributed by atoms with Gasteiger partial charge in [-0.25, -0.2) is 0 Å². The molecule has 0 aliphatic rings. The van der Waals surface area contributed by atoms with Crippen LogP contribution >= 0.6 is 11.6 Å². The molecule has 3 nitrogen and oxygen atoms in total. The van der Waals surface area contributed by atoms with Crippen LogP contribution in [0.15, 0.2) is 47.6 Å². The molecule has 1 unspecified atom stereocenters. The third kappa shape index (κ3) is 3.31. The van der Waals surface area contributed by atoms with Gasteiger partial charge in [-0.05, 0) is 36.2 Å². The van der Waals surface area contributed by atoms with Gasteiger partial charge in [0.05, 0.1) is 21.5 Å². The average molecular weight is 281 g/mol. The fourth-order valence-electron chi connectivity index (χ4n) is 1.52. The molecule has 0 saturated heterocycles. The summed E-state index contributed by atoms with van der Waals surface area (Å²) in [5.74, 6) is 0.548. The van der Waals surface area contributed by atoms with Gasteiger partial charge in [0, 0.05) is 23.0 Å². The maximum absolute atomic E-state index is 12.1. The lowest BCUT2D eigenvalue weighted by Gasteiger charge is -2.04. The number of anilines is 1. The monoisotopic (exact) mass is 280 g/mol. The maximum Gasteiger partial charge on any atom is 0.0647 e. The molecule has 94 valence electrons. The highest BCUT2D eigenvalue weighted by molar-refractivity contribution is 7.85. The summed E-state index contributed by atoms with van der Waals surface area (Å²) in [4.78, 5) is 4.73. The van der Waals surface area contributed by atoms with Gasteiger partial charge in [-0.3, -0.25) is 9.19 Å². The first kappa shape index (κ1) is 13.1. The maximum atomic E-state index is 12.1. The zero-order chi connectivity index (χ0) is 13.0. The van der Waals surface area contributed by atoms with Crippen molar-refractivity contribution in [2.24, 2.45) is 0 Å².